The second-order valence-electron chi connectivity index (χ2n) is 3.69. The number of benzene rings is 1. The zero-order valence-electron chi connectivity index (χ0n) is 9.74. The number of aromatic amines is 1. The first-order valence-electron chi connectivity index (χ1n) is 5.31. The zero-order chi connectivity index (χ0) is 12.3. The van der Waals surface area contributed by atoms with Crippen molar-refractivity contribution in [1.82, 2.24) is 10.2 Å². The Morgan fingerprint density at radius 1 is 1.35 bits per heavy atom. The molecule has 0 saturated heterocycles. The lowest BCUT2D eigenvalue weighted by molar-refractivity contribution is 0.102. The number of carbonyl (C=O) groups excluding carboxylic acids is 1. The number of rotatable bonds is 3. The third-order valence-corrected chi connectivity index (χ3v) is 2.39. The molecule has 0 aliphatic carbocycles. The van der Waals surface area contributed by atoms with E-state index in [9.17, 15) is 4.79 Å². The number of carbonyl (C=O) groups is 1. The predicted molar refractivity (Wildman–Crippen MR) is 67.3 cm³/mol. The van der Waals surface area contributed by atoms with E-state index in [0.717, 1.165) is 11.4 Å². The smallest absolute Gasteiger partial charge is 0.258 e. The second kappa shape index (κ2) is 4.69. The quantitative estimate of drug-likeness (QED) is 0.755. The van der Waals surface area contributed by atoms with Crippen LogP contribution in [0.2, 0.25) is 0 Å². The van der Waals surface area contributed by atoms with Gasteiger partial charge in [-0.15, -0.1) is 0 Å². The van der Waals surface area contributed by atoms with Crippen molar-refractivity contribution >= 4 is 17.4 Å². The molecular weight excluding hydrogens is 216 g/mol. The van der Waals surface area contributed by atoms with Crippen LogP contribution in [0.3, 0.4) is 0 Å². The van der Waals surface area contributed by atoms with Gasteiger partial charge in [0, 0.05) is 24.5 Å². The average Bonchev–Trinajstić information content (AvgIpc) is 2.74. The molecule has 1 heterocycles. The first-order chi connectivity index (χ1) is 8.20. The van der Waals surface area contributed by atoms with Gasteiger partial charge in [-0.2, -0.15) is 5.10 Å². The van der Waals surface area contributed by atoms with Crippen LogP contribution in [0.1, 0.15) is 16.1 Å². The third kappa shape index (κ3) is 2.44. The minimum atomic E-state index is -0.179. The van der Waals surface area contributed by atoms with E-state index in [4.69, 9.17) is 0 Å². The number of nitrogens with zero attached hydrogens (tertiary/aromatic N) is 1. The van der Waals surface area contributed by atoms with Crippen LogP contribution in [0.5, 0.6) is 0 Å². The molecule has 0 fully saturated rings. The standard InChI is InChI=1S/C12H14N4O/c1-8-7-11(16-15-8)14-12(17)9-5-3-4-6-10(9)13-2/h3-7,13H,1-2H3,(H2,14,15,16,17). The summed E-state index contributed by atoms with van der Waals surface area (Å²) >= 11 is 0. The number of aryl methyl sites for hydroxylation is 1. The Morgan fingerprint density at radius 3 is 2.76 bits per heavy atom. The molecule has 2 aromatic rings. The van der Waals surface area contributed by atoms with Gasteiger partial charge in [0.25, 0.3) is 5.91 Å². The Morgan fingerprint density at radius 2 is 2.12 bits per heavy atom. The van der Waals surface area contributed by atoms with Crippen LogP contribution >= 0.6 is 0 Å². The summed E-state index contributed by atoms with van der Waals surface area (Å²) in [5.74, 6) is 0.347. The summed E-state index contributed by atoms with van der Waals surface area (Å²) < 4.78 is 0. The number of anilines is 2. The van der Waals surface area contributed by atoms with E-state index >= 15 is 0 Å². The molecule has 0 saturated carbocycles. The minimum Gasteiger partial charge on any atom is -0.387 e. The van der Waals surface area contributed by atoms with Crippen molar-refractivity contribution in [2.45, 2.75) is 6.92 Å². The topological polar surface area (TPSA) is 69.8 Å². The summed E-state index contributed by atoms with van der Waals surface area (Å²) in [5, 5.41) is 12.4. The zero-order valence-corrected chi connectivity index (χ0v) is 9.74. The van der Waals surface area contributed by atoms with Crippen molar-refractivity contribution < 1.29 is 4.79 Å². The maximum atomic E-state index is 12.0. The van der Waals surface area contributed by atoms with Gasteiger partial charge in [-0.3, -0.25) is 9.89 Å². The van der Waals surface area contributed by atoms with Crippen LogP contribution in [0.4, 0.5) is 11.5 Å². The number of hydrogen-bond donors (Lipinski definition) is 3. The maximum absolute atomic E-state index is 12.0. The summed E-state index contributed by atoms with van der Waals surface area (Å²) in [5.41, 5.74) is 2.29. The van der Waals surface area contributed by atoms with E-state index in [1.165, 1.54) is 0 Å². The van der Waals surface area contributed by atoms with Gasteiger partial charge in [-0.05, 0) is 19.1 Å². The molecule has 0 bridgehead atoms. The molecule has 0 atom stereocenters. The molecule has 0 aliphatic heterocycles. The minimum absolute atomic E-state index is 0.179. The molecule has 1 aromatic carbocycles. The highest BCUT2D eigenvalue weighted by atomic mass is 16.1. The lowest BCUT2D eigenvalue weighted by Crippen LogP contribution is -2.14. The Kier molecular flexibility index (Phi) is 3.09. The van der Waals surface area contributed by atoms with E-state index in [1.807, 2.05) is 25.1 Å². The van der Waals surface area contributed by atoms with Crippen molar-refractivity contribution in [2.75, 3.05) is 17.7 Å². The SMILES string of the molecule is CNc1ccccc1C(=O)Nc1cc(C)[nH]n1. The van der Waals surface area contributed by atoms with Gasteiger partial charge in [0.15, 0.2) is 5.82 Å². The molecule has 3 N–H and O–H groups in total. The molecule has 0 spiro atoms. The summed E-state index contributed by atoms with van der Waals surface area (Å²) in [6.07, 6.45) is 0. The van der Waals surface area contributed by atoms with E-state index in [0.29, 0.717) is 11.4 Å². The molecule has 1 amide bonds. The molecule has 0 unspecified atom stereocenters. The Labute approximate surface area is 99.2 Å². The molecule has 0 radical (unpaired) electrons. The Hall–Kier alpha value is -2.30. The lowest BCUT2D eigenvalue weighted by Gasteiger charge is -2.07. The third-order valence-electron chi connectivity index (χ3n) is 2.39. The van der Waals surface area contributed by atoms with Gasteiger partial charge in [-0.1, -0.05) is 12.1 Å². The van der Waals surface area contributed by atoms with Crippen LogP contribution in [0.15, 0.2) is 30.3 Å². The molecule has 0 aliphatic rings. The van der Waals surface area contributed by atoms with Gasteiger partial charge < -0.3 is 10.6 Å². The maximum Gasteiger partial charge on any atom is 0.258 e. The van der Waals surface area contributed by atoms with Crippen LogP contribution in [0, 0.1) is 6.92 Å². The van der Waals surface area contributed by atoms with Crippen LogP contribution in [0.25, 0.3) is 0 Å². The number of hydrogen-bond acceptors (Lipinski definition) is 3. The monoisotopic (exact) mass is 230 g/mol. The van der Waals surface area contributed by atoms with Crippen molar-refractivity contribution in [3.63, 3.8) is 0 Å². The molecule has 88 valence electrons. The van der Waals surface area contributed by atoms with Gasteiger partial charge in [-0.25, -0.2) is 0 Å². The highest BCUT2D eigenvalue weighted by Crippen LogP contribution is 2.16. The highest BCUT2D eigenvalue weighted by molar-refractivity contribution is 6.07. The first kappa shape index (κ1) is 11.2. The molecular formula is C12H14N4O. The predicted octanol–water partition coefficient (Wildman–Crippen LogP) is 2.01. The van der Waals surface area contributed by atoms with Gasteiger partial charge in [0.2, 0.25) is 0 Å². The fraction of sp³-hybridized carbons (Fsp3) is 0.167. The van der Waals surface area contributed by atoms with Crippen LogP contribution in [-0.4, -0.2) is 23.2 Å². The number of nitrogens with one attached hydrogen (secondary N) is 3. The molecule has 2 rings (SSSR count). The van der Waals surface area contributed by atoms with Gasteiger partial charge in [0.05, 0.1) is 5.56 Å². The number of H-pyrrole nitrogens is 1. The number of para-hydroxylation sites is 1. The lowest BCUT2D eigenvalue weighted by atomic mass is 10.1. The second-order valence-corrected chi connectivity index (χ2v) is 3.69. The fourth-order valence-electron chi connectivity index (χ4n) is 1.56. The summed E-state index contributed by atoms with van der Waals surface area (Å²) in [6.45, 7) is 1.88. The van der Waals surface area contributed by atoms with E-state index < -0.39 is 0 Å². The summed E-state index contributed by atoms with van der Waals surface area (Å²) in [7, 11) is 1.78. The largest absolute Gasteiger partial charge is 0.387 e. The summed E-state index contributed by atoms with van der Waals surface area (Å²) in [4.78, 5) is 12.0. The molecule has 5 heteroatoms. The van der Waals surface area contributed by atoms with Crippen molar-refractivity contribution in [3.8, 4) is 0 Å². The van der Waals surface area contributed by atoms with Crippen molar-refractivity contribution in [2.24, 2.45) is 0 Å². The van der Waals surface area contributed by atoms with Crippen molar-refractivity contribution in [3.05, 3.63) is 41.6 Å². The van der Waals surface area contributed by atoms with Crippen LogP contribution < -0.4 is 10.6 Å². The Bertz CT molecular complexity index is 533. The van der Waals surface area contributed by atoms with Gasteiger partial charge >= 0.3 is 0 Å². The first-order valence-corrected chi connectivity index (χ1v) is 5.31. The van der Waals surface area contributed by atoms with E-state index in [2.05, 4.69) is 20.8 Å². The molecule has 1 aromatic heterocycles. The van der Waals surface area contributed by atoms with Crippen LogP contribution in [-0.2, 0) is 0 Å². The Balaban J connectivity index is 2.20. The highest BCUT2D eigenvalue weighted by Gasteiger charge is 2.11. The van der Waals surface area contributed by atoms with Gasteiger partial charge in [0.1, 0.15) is 0 Å². The number of aromatic nitrogens is 2. The molecule has 17 heavy (non-hydrogen) atoms. The number of amides is 1. The fourth-order valence-corrected chi connectivity index (χ4v) is 1.56. The average molecular weight is 230 g/mol. The summed E-state index contributed by atoms with van der Waals surface area (Å²) in [6, 6.07) is 9.10. The van der Waals surface area contributed by atoms with Crippen molar-refractivity contribution in [1.29, 1.82) is 0 Å². The molecule has 5 nitrogen and oxygen atoms in total. The van der Waals surface area contributed by atoms with E-state index in [-0.39, 0.29) is 5.91 Å². The van der Waals surface area contributed by atoms with E-state index in [1.54, 1.807) is 19.2 Å². The normalized spacial score (nSPS) is 10.0.